The zero-order valence-electron chi connectivity index (χ0n) is 10.7. The summed E-state index contributed by atoms with van der Waals surface area (Å²) in [6.07, 6.45) is 3.57. The van der Waals surface area contributed by atoms with Gasteiger partial charge in [0, 0.05) is 25.5 Å². The van der Waals surface area contributed by atoms with Crippen molar-refractivity contribution in [2.24, 2.45) is 4.99 Å². The standard InChI is InChI=1S/C11H19F2N5/c1-3-5-16-11(14-4-2)17-8-9-15-6-7-18(9)10(12)13/h6-7,10H,3-5,8H2,1-2H3,(H2,14,16,17). The third-order valence-electron chi connectivity index (χ3n) is 2.22. The topological polar surface area (TPSA) is 54.2 Å². The number of aliphatic imine (C=N–C) groups is 1. The summed E-state index contributed by atoms with van der Waals surface area (Å²) in [5, 5.41) is 6.14. The number of hydrogen-bond acceptors (Lipinski definition) is 2. The molecule has 2 N–H and O–H groups in total. The molecule has 1 rings (SSSR count). The van der Waals surface area contributed by atoms with Crippen molar-refractivity contribution in [3.8, 4) is 0 Å². The Kier molecular flexibility index (Phi) is 6.10. The lowest BCUT2D eigenvalue weighted by Crippen LogP contribution is -2.37. The molecule has 5 nitrogen and oxygen atoms in total. The second-order valence-electron chi connectivity index (χ2n) is 3.65. The molecule has 0 aliphatic rings. The largest absolute Gasteiger partial charge is 0.357 e. The van der Waals surface area contributed by atoms with E-state index in [0.717, 1.165) is 24.1 Å². The number of imidazole rings is 1. The lowest BCUT2D eigenvalue weighted by atomic mass is 10.5. The van der Waals surface area contributed by atoms with Gasteiger partial charge in [0.15, 0.2) is 5.96 Å². The van der Waals surface area contributed by atoms with Crippen LogP contribution >= 0.6 is 0 Å². The minimum absolute atomic E-state index is 0.121. The Morgan fingerprint density at radius 2 is 2.22 bits per heavy atom. The third-order valence-corrected chi connectivity index (χ3v) is 2.22. The molecular weight excluding hydrogens is 240 g/mol. The van der Waals surface area contributed by atoms with E-state index in [9.17, 15) is 8.78 Å². The minimum atomic E-state index is -2.58. The average Bonchev–Trinajstić information content (AvgIpc) is 2.81. The summed E-state index contributed by atoms with van der Waals surface area (Å²) in [5.41, 5.74) is 0. The Morgan fingerprint density at radius 1 is 1.44 bits per heavy atom. The molecule has 0 aliphatic heterocycles. The van der Waals surface area contributed by atoms with Gasteiger partial charge in [-0.15, -0.1) is 0 Å². The van der Waals surface area contributed by atoms with E-state index < -0.39 is 6.55 Å². The molecule has 0 radical (unpaired) electrons. The van der Waals surface area contributed by atoms with Gasteiger partial charge in [-0.25, -0.2) is 9.98 Å². The Balaban J connectivity index is 2.65. The minimum Gasteiger partial charge on any atom is -0.357 e. The van der Waals surface area contributed by atoms with Gasteiger partial charge in [-0.05, 0) is 13.3 Å². The van der Waals surface area contributed by atoms with Crippen molar-refractivity contribution >= 4 is 5.96 Å². The van der Waals surface area contributed by atoms with Gasteiger partial charge in [-0.3, -0.25) is 4.57 Å². The van der Waals surface area contributed by atoms with Crippen molar-refractivity contribution in [1.82, 2.24) is 20.2 Å². The number of nitrogens with one attached hydrogen (secondary N) is 2. The first-order chi connectivity index (χ1) is 8.69. The number of hydrogen-bond donors (Lipinski definition) is 2. The molecule has 1 aromatic heterocycles. The van der Waals surface area contributed by atoms with Crippen LogP contribution in [0.1, 0.15) is 32.6 Å². The van der Waals surface area contributed by atoms with Gasteiger partial charge >= 0.3 is 6.55 Å². The lowest BCUT2D eigenvalue weighted by molar-refractivity contribution is 0.0671. The van der Waals surface area contributed by atoms with E-state index >= 15 is 0 Å². The quantitative estimate of drug-likeness (QED) is 0.604. The smallest absolute Gasteiger partial charge is 0.319 e. The fourth-order valence-corrected chi connectivity index (χ4v) is 1.38. The van der Waals surface area contributed by atoms with Crippen LogP contribution in [0.2, 0.25) is 0 Å². The van der Waals surface area contributed by atoms with Crippen LogP contribution in [0.4, 0.5) is 8.78 Å². The summed E-state index contributed by atoms with van der Waals surface area (Å²) >= 11 is 0. The summed E-state index contributed by atoms with van der Waals surface area (Å²) < 4.78 is 26.0. The molecule has 0 aromatic carbocycles. The second kappa shape index (κ2) is 7.62. The van der Waals surface area contributed by atoms with Crippen LogP contribution in [-0.4, -0.2) is 28.6 Å². The van der Waals surface area contributed by atoms with E-state index in [1.54, 1.807) is 0 Å². The first kappa shape index (κ1) is 14.4. The highest BCUT2D eigenvalue weighted by Gasteiger charge is 2.10. The summed E-state index contributed by atoms with van der Waals surface area (Å²) in [6, 6.07) is 0. The molecule has 102 valence electrons. The molecule has 18 heavy (non-hydrogen) atoms. The molecular formula is C11H19F2N5. The molecule has 1 aromatic rings. The van der Waals surface area contributed by atoms with Crippen LogP contribution in [0.5, 0.6) is 0 Å². The van der Waals surface area contributed by atoms with Crippen LogP contribution in [-0.2, 0) is 6.54 Å². The monoisotopic (exact) mass is 259 g/mol. The summed E-state index contributed by atoms with van der Waals surface area (Å²) in [4.78, 5) is 8.08. The van der Waals surface area contributed by atoms with Crippen molar-refractivity contribution in [3.63, 3.8) is 0 Å². The number of rotatable bonds is 6. The molecule has 0 spiro atoms. The fraction of sp³-hybridized carbons (Fsp3) is 0.636. The lowest BCUT2D eigenvalue weighted by Gasteiger charge is -2.10. The van der Waals surface area contributed by atoms with Gasteiger partial charge in [0.05, 0.1) is 0 Å². The normalized spacial score (nSPS) is 11.9. The van der Waals surface area contributed by atoms with E-state index in [2.05, 4.69) is 20.6 Å². The molecule has 0 bridgehead atoms. The van der Waals surface area contributed by atoms with Crippen LogP contribution < -0.4 is 10.6 Å². The van der Waals surface area contributed by atoms with Gasteiger partial charge in [0.25, 0.3) is 0 Å². The Hall–Kier alpha value is -1.66. The van der Waals surface area contributed by atoms with Gasteiger partial charge in [0.2, 0.25) is 0 Å². The van der Waals surface area contributed by atoms with E-state index in [1.807, 2.05) is 13.8 Å². The van der Waals surface area contributed by atoms with Crippen LogP contribution in [0.3, 0.4) is 0 Å². The number of halogens is 2. The maximum atomic E-state index is 12.6. The van der Waals surface area contributed by atoms with Crippen LogP contribution in [0.15, 0.2) is 17.4 Å². The average molecular weight is 259 g/mol. The van der Waals surface area contributed by atoms with Crippen molar-refractivity contribution in [2.45, 2.75) is 33.4 Å². The van der Waals surface area contributed by atoms with E-state index in [4.69, 9.17) is 0 Å². The van der Waals surface area contributed by atoms with Gasteiger partial charge < -0.3 is 10.6 Å². The summed E-state index contributed by atoms with van der Waals surface area (Å²) in [5.74, 6) is 0.863. The number of guanidine groups is 1. The molecule has 0 amide bonds. The van der Waals surface area contributed by atoms with Crippen molar-refractivity contribution < 1.29 is 8.78 Å². The highest BCUT2D eigenvalue weighted by Crippen LogP contribution is 2.12. The fourth-order valence-electron chi connectivity index (χ4n) is 1.38. The maximum Gasteiger partial charge on any atom is 0.319 e. The highest BCUT2D eigenvalue weighted by atomic mass is 19.3. The zero-order chi connectivity index (χ0) is 13.4. The summed E-state index contributed by atoms with van der Waals surface area (Å²) in [6.45, 7) is 3.04. The zero-order valence-corrected chi connectivity index (χ0v) is 10.7. The molecule has 1 heterocycles. The van der Waals surface area contributed by atoms with Gasteiger partial charge in [-0.2, -0.15) is 8.78 Å². The summed E-state index contributed by atoms with van der Waals surface area (Å²) in [7, 11) is 0. The van der Waals surface area contributed by atoms with Crippen LogP contribution in [0.25, 0.3) is 0 Å². The van der Waals surface area contributed by atoms with Crippen LogP contribution in [0, 0.1) is 0 Å². The van der Waals surface area contributed by atoms with E-state index in [-0.39, 0.29) is 12.4 Å². The Bertz CT molecular complexity index is 375. The maximum absolute atomic E-state index is 12.6. The first-order valence-corrected chi connectivity index (χ1v) is 6.01. The number of aromatic nitrogens is 2. The van der Waals surface area contributed by atoms with Crippen molar-refractivity contribution in [2.75, 3.05) is 13.1 Å². The highest BCUT2D eigenvalue weighted by molar-refractivity contribution is 5.79. The number of nitrogens with zero attached hydrogens (tertiary/aromatic N) is 3. The third kappa shape index (κ3) is 4.31. The van der Waals surface area contributed by atoms with E-state index in [0.29, 0.717) is 5.96 Å². The van der Waals surface area contributed by atoms with Gasteiger partial charge in [-0.1, -0.05) is 6.92 Å². The molecule has 0 atom stereocenters. The molecule has 0 unspecified atom stereocenters. The second-order valence-corrected chi connectivity index (χ2v) is 3.65. The molecule has 0 saturated carbocycles. The van der Waals surface area contributed by atoms with Crippen molar-refractivity contribution in [1.29, 1.82) is 0 Å². The predicted octanol–water partition coefficient (Wildman–Crippen LogP) is 1.74. The first-order valence-electron chi connectivity index (χ1n) is 6.01. The molecule has 0 aliphatic carbocycles. The molecule has 0 fully saturated rings. The number of alkyl halides is 2. The van der Waals surface area contributed by atoms with Gasteiger partial charge in [0.1, 0.15) is 12.4 Å². The Labute approximate surface area is 105 Å². The van der Waals surface area contributed by atoms with Crippen molar-refractivity contribution in [3.05, 3.63) is 18.2 Å². The predicted molar refractivity (Wildman–Crippen MR) is 66.6 cm³/mol. The molecule has 7 heteroatoms. The Morgan fingerprint density at radius 3 is 2.83 bits per heavy atom. The molecule has 0 saturated heterocycles. The van der Waals surface area contributed by atoms with E-state index in [1.165, 1.54) is 12.4 Å². The SMILES string of the molecule is CCCNC(=NCc1nccn1C(F)F)NCC.